The van der Waals surface area contributed by atoms with Crippen molar-refractivity contribution in [3.63, 3.8) is 0 Å². The van der Waals surface area contributed by atoms with E-state index in [1.807, 2.05) is 0 Å². The Bertz CT molecular complexity index is 793. The highest BCUT2D eigenvalue weighted by molar-refractivity contribution is 5.91. The topological polar surface area (TPSA) is 96.9 Å². The van der Waals surface area contributed by atoms with Crippen LogP contribution in [0.1, 0.15) is 16.4 Å². The predicted molar refractivity (Wildman–Crippen MR) is 75.2 cm³/mol. The number of aromatic amines is 1. The van der Waals surface area contributed by atoms with Crippen molar-refractivity contribution >= 4 is 22.8 Å². The quantitative estimate of drug-likeness (QED) is 0.682. The van der Waals surface area contributed by atoms with Crippen molar-refractivity contribution in [2.45, 2.75) is 6.42 Å². The van der Waals surface area contributed by atoms with Gasteiger partial charge in [-0.1, -0.05) is 0 Å². The molecule has 7 heteroatoms. The number of nitrogens with two attached hydrogens (primary N) is 1. The van der Waals surface area contributed by atoms with Crippen LogP contribution in [-0.4, -0.2) is 22.4 Å². The van der Waals surface area contributed by atoms with E-state index in [2.05, 4.69) is 15.3 Å². The Labute approximate surface area is 119 Å². The van der Waals surface area contributed by atoms with Crippen molar-refractivity contribution in [2.24, 2.45) is 0 Å². The minimum Gasteiger partial charge on any atom is -0.436 e. The third-order valence-corrected chi connectivity index (χ3v) is 2.99. The van der Waals surface area contributed by atoms with E-state index in [4.69, 9.17) is 10.2 Å². The Morgan fingerprint density at radius 1 is 1.38 bits per heavy atom. The van der Waals surface area contributed by atoms with E-state index < -0.39 is 0 Å². The lowest BCUT2D eigenvalue weighted by Gasteiger charge is -2.00. The lowest BCUT2D eigenvalue weighted by atomic mass is 10.3. The maximum absolute atomic E-state index is 13.1. The van der Waals surface area contributed by atoms with Gasteiger partial charge in [-0.3, -0.25) is 4.79 Å². The molecule has 0 spiro atoms. The number of aromatic nitrogens is 2. The van der Waals surface area contributed by atoms with Crippen molar-refractivity contribution in [1.82, 2.24) is 15.3 Å². The lowest BCUT2D eigenvalue weighted by molar-refractivity contribution is 0.0927. The number of hydrogen-bond donors (Lipinski definition) is 3. The molecule has 0 atom stereocenters. The number of H-pyrrole nitrogens is 1. The summed E-state index contributed by atoms with van der Waals surface area (Å²) in [5, 5.41) is 2.69. The van der Waals surface area contributed by atoms with E-state index in [0.29, 0.717) is 29.8 Å². The van der Waals surface area contributed by atoms with Crippen molar-refractivity contribution in [1.29, 1.82) is 0 Å². The molecular weight excluding hydrogens is 275 g/mol. The summed E-state index contributed by atoms with van der Waals surface area (Å²) in [7, 11) is 0. The van der Waals surface area contributed by atoms with Crippen LogP contribution in [-0.2, 0) is 6.42 Å². The monoisotopic (exact) mass is 288 g/mol. The van der Waals surface area contributed by atoms with Crippen LogP contribution in [0.25, 0.3) is 11.0 Å². The van der Waals surface area contributed by atoms with E-state index in [9.17, 15) is 9.18 Å². The van der Waals surface area contributed by atoms with Gasteiger partial charge in [0.1, 0.15) is 11.6 Å². The molecule has 0 fully saturated rings. The fourth-order valence-corrected chi connectivity index (χ4v) is 2.01. The van der Waals surface area contributed by atoms with Gasteiger partial charge in [-0.25, -0.2) is 9.37 Å². The molecule has 3 aromatic rings. The molecule has 0 saturated carbocycles. The summed E-state index contributed by atoms with van der Waals surface area (Å²) in [6, 6.07) is 7.37. The van der Waals surface area contributed by atoms with Crippen molar-refractivity contribution in [3.05, 3.63) is 47.7 Å². The minimum absolute atomic E-state index is 0.166. The van der Waals surface area contributed by atoms with Gasteiger partial charge >= 0.3 is 0 Å². The fourth-order valence-electron chi connectivity index (χ4n) is 2.01. The van der Waals surface area contributed by atoms with Crippen LogP contribution in [0.5, 0.6) is 0 Å². The molecule has 0 unspecified atom stereocenters. The molecule has 0 aliphatic carbocycles. The van der Waals surface area contributed by atoms with Crippen LogP contribution in [0.4, 0.5) is 10.3 Å². The number of nitrogens with zero attached hydrogens (tertiary/aromatic N) is 1. The zero-order valence-electron chi connectivity index (χ0n) is 11.0. The lowest BCUT2D eigenvalue weighted by Crippen LogP contribution is -2.25. The van der Waals surface area contributed by atoms with Crippen LogP contribution >= 0.6 is 0 Å². The first kappa shape index (κ1) is 13.2. The molecule has 108 valence electrons. The third-order valence-electron chi connectivity index (χ3n) is 2.99. The van der Waals surface area contributed by atoms with Crippen LogP contribution in [0, 0.1) is 5.82 Å². The van der Waals surface area contributed by atoms with Gasteiger partial charge in [0.05, 0.1) is 11.0 Å². The molecule has 21 heavy (non-hydrogen) atoms. The maximum atomic E-state index is 13.1. The second kappa shape index (κ2) is 5.28. The van der Waals surface area contributed by atoms with Gasteiger partial charge in [0, 0.05) is 19.0 Å². The molecule has 1 amide bonds. The Morgan fingerprint density at radius 2 is 2.24 bits per heavy atom. The van der Waals surface area contributed by atoms with Gasteiger partial charge in [-0.2, -0.15) is 0 Å². The molecule has 0 bridgehead atoms. The largest absolute Gasteiger partial charge is 0.436 e. The van der Waals surface area contributed by atoms with Crippen molar-refractivity contribution < 1.29 is 13.6 Å². The van der Waals surface area contributed by atoms with Gasteiger partial charge < -0.3 is 20.5 Å². The molecule has 0 aliphatic heterocycles. The summed E-state index contributed by atoms with van der Waals surface area (Å²) in [4.78, 5) is 19.0. The van der Waals surface area contributed by atoms with E-state index in [-0.39, 0.29) is 23.4 Å². The van der Waals surface area contributed by atoms with Crippen LogP contribution in [0.15, 0.2) is 34.7 Å². The van der Waals surface area contributed by atoms with Gasteiger partial charge in [0.25, 0.3) is 5.91 Å². The van der Waals surface area contributed by atoms with Crippen molar-refractivity contribution in [2.75, 3.05) is 12.3 Å². The molecule has 3 rings (SSSR count). The summed E-state index contributed by atoms with van der Waals surface area (Å²) in [5.74, 6) is 0.378. The van der Waals surface area contributed by atoms with Gasteiger partial charge in [0.2, 0.25) is 0 Å². The smallest absolute Gasteiger partial charge is 0.287 e. The number of carbonyl (C=O) groups is 1. The Balaban J connectivity index is 1.60. The second-order valence-corrected chi connectivity index (χ2v) is 4.55. The number of nitrogen functional groups attached to an aromatic ring is 1. The molecule has 6 nitrogen and oxygen atoms in total. The SMILES string of the molecule is Nc1ccc(C(=O)NCCc2nc3ccc(F)cc3[nH]2)o1. The molecule has 1 aromatic carbocycles. The number of imidazole rings is 1. The fraction of sp³-hybridized carbons (Fsp3) is 0.143. The number of rotatable bonds is 4. The van der Waals surface area contributed by atoms with Gasteiger partial charge in [0.15, 0.2) is 11.6 Å². The minimum atomic E-state index is -0.339. The van der Waals surface area contributed by atoms with E-state index in [0.717, 1.165) is 0 Å². The van der Waals surface area contributed by atoms with E-state index in [1.54, 1.807) is 6.07 Å². The van der Waals surface area contributed by atoms with E-state index >= 15 is 0 Å². The number of hydrogen-bond acceptors (Lipinski definition) is 4. The Morgan fingerprint density at radius 3 is 3.00 bits per heavy atom. The van der Waals surface area contributed by atoms with Gasteiger partial charge in [-0.05, 0) is 24.3 Å². The van der Waals surface area contributed by atoms with Crippen LogP contribution < -0.4 is 11.1 Å². The molecule has 2 heterocycles. The van der Waals surface area contributed by atoms with Gasteiger partial charge in [-0.15, -0.1) is 0 Å². The molecule has 4 N–H and O–H groups in total. The molecule has 0 radical (unpaired) electrons. The highest BCUT2D eigenvalue weighted by Gasteiger charge is 2.10. The number of fused-ring (bicyclic) bond motifs is 1. The summed E-state index contributed by atoms with van der Waals surface area (Å²) < 4.78 is 18.1. The zero-order chi connectivity index (χ0) is 14.8. The zero-order valence-corrected chi connectivity index (χ0v) is 11.0. The first-order valence-corrected chi connectivity index (χ1v) is 6.39. The number of furan rings is 1. The first-order valence-electron chi connectivity index (χ1n) is 6.39. The first-order chi connectivity index (χ1) is 10.1. The summed E-state index contributed by atoms with van der Waals surface area (Å²) in [6.07, 6.45) is 0.498. The highest BCUT2D eigenvalue weighted by atomic mass is 19.1. The number of carbonyl (C=O) groups excluding carboxylic acids is 1. The number of benzene rings is 1. The third kappa shape index (κ3) is 2.86. The molecule has 0 saturated heterocycles. The second-order valence-electron chi connectivity index (χ2n) is 4.55. The standard InChI is InChI=1S/C14H13FN4O2/c15-8-1-2-9-10(7-8)19-13(18-9)5-6-17-14(20)11-3-4-12(16)21-11/h1-4,7H,5-6,16H2,(H,17,20)(H,18,19). The number of anilines is 1. The molecule has 0 aliphatic rings. The summed E-state index contributed by atoms with van der Waals surface area (Å²) >= 11 is 0. The molecular formula is C14H13FN4O2. The normalized spacial score (nSPS) is 10.9. The van der Waals surface area contributed by atoms with Crippen LogP contribution in [0.2, 0.25) is 0 Å². The number of amides is 1. The Kier molecular flexibility index (Phi) is 3.31. The Hall–Kier alpha value is -2.83. The average molecular weight is 288 g/mol. The number of nitrogens with one attached hydrogen (secondary N) is 2. The van der Waals surface area contributed by atoms with E-state index in [1.165, 1.54) is 24.3 Å². The highest BCUT2D eigenvalue weighted by Crippen LogP contribution is 2.13. The molecule has 2 aromatic heterocycles. The predicted octanol–water partition coefficient (Wildman–Crippen LogP) is 1.85. The number of halogens is 1. The average Bonchev–Trinajstić information content (AvgIpc) is 3.04. The van der Waals surface area contributed by atoms with Crippen molar-refractivity contribution in [3.8, 4) is 0 Å². The maximum Gasteiger partial charge on any atom is 0.287 e. The summed E-state index contributed by atoms with van der Waals surface area (Å²) in [6.45, 7) is 0.377. The summed E-state index contributed by atoms with van der Waals surface area (Å²) in [5.41, 5.74) is 6.72. The van der Waals surface area contributed by atoms with Crippen LogP contribution in [0.3, 0.4) is 0 Å².